The van der Waals surface area contributed by atoms with Crippen molar-refractivity contribution < 1.29 is 8.78 Å². The molecule has 78 valence electrons. The highest BCUT2D eigenvalue weighted by atomic mass is 19.3. The molecule has 0 saturated carbocycles. The maximum absolute atomic E-state index is 12.3. The van der Waals surface area contributed by atoms with Gasteiger partial charge in [-0.3, -0.25) is 0 Å². The van der Waals surface area contributed by atoms with Crippen LogP contribution in [-0.4, -0.2) is 9.78 Å². The van der Waals surface area contributed by atoms with Crippen LogP contribution < -0.4 is 0 Å². The zero-order valence-corrected chi connectivity index (χ0v) is 8.19. The molecule has 1 heterocycles. The summed E-state index contributed by atoms with van der Waals surface area (Å²) in [5.74, 6) is 0. The second-order valence-electron chi connectivity index (χ2n) is 3.29. The van der Waals surface area contributed by atoms with E-state index in [-0.39, 0.29) is 5.56 Å². The van der Waals surface area contributed by atoms with Gasteiger partial charge in [-0.1, -0.05) is 12.1 Å². The summed E-state index contributed by atoms with van der Waals surface area (Å²) in [5, 5.41) is 4.18. The lowest BCUT2D eigenvalue weighted by atomic mass is 10.2. The van der Waals surface area contributed by atoms with Crippen molar-refractivity contribution in [2.45, 2.75) is 13.3 Å². The van der Waals surface area contributed by atoms with Gasteiger partial charge in [0, 0.05) is 11.8 Å². The van der Waals surface area contributed by atoms with Crippen LogP contribution in [0.1, 0.15) is 17.7 Å². The molecule has 2 nitrogen and oxygen atoms in total. The zero-order chi connectivity index (χ0) is 10.8. The van der Waals surface area contributed by atoms with Crippen molar-refractivity contribution in [1.82, 2.24) is 9.78 Å². The summed E-state index contributed by atoms with van der Waals surface area (Å²) in [6.07, 6.45) is -0.620. The van der Waals surface area contributed by atoms with Gasteiger partial charge in [-0.05, 0) is 25.1 Å². The number of halogens is 2. The molecule has 2 aromatic rings. The van der Waals surface area contributed by atoms with Crippen molar-refractivity contribution in [2.75, 3.05) is 0 Å². The van der Waals surface area contributed by atoms with Crippen LogP contribution >= 0.6 is 0 Å². The van der Waals surface area contributed by atoms with Crippen LogP contribution in [0.5, 0.6) is 0 Å². The average molecular weight is 208 g/mol. The van der Waals surface area contributed by atoms with E-state index in [2.05, 4.69) is 5.10 Å². The van der Waals surface area contributed by atoms with Gasteiger partial charge in [0.2, 0.25) is 0 Å². The first kappa shape index (κ1) is 9.83. The third kappa shape index (κ3) is 2.03. The molecule has 4 heteroatoms. The van der Waals surface area contributed by atoms with E-state index in [4.69, 9.17) is 0 Å². The normalized spacial score (nSPS) is 10.9. The van der Waals surface area contributed by atoms with Gasteiger partial charge in [-0.15, -0.1) is 0 Å². The molecule has 0 N–H and O–H groups in total. The number of alkyl halides is 2. The van der Waals surface area contributed by atoms with Crippen LogP contribution in [0.2, 0.25) is 0 Å². The molecule has 0 spiro atoms. The summed E-state index contributed by atoms with van der Waals surface area (Å²) in [7, 11) is 0. The summed E-state index contributed by atoms with van der Waals surface area (Å²) >= 11 is 0. The van der Waals surface area contributed by atoms with E-state index in [1.54, 1.807) is 23.0 Å². The van der Waals surface area contributed by atoms with Gasteiger partial charge in [0.05, 0.1) is 11.4 Å². The van der Waals surface area contributed by atoms with Crippen LogP contribution in [-0.2, 0) is 0 Å². The summed E-state index contributed by atoms with van der Waals surface area (Å²) in [6, 6.07) is 7.96. The third-order valence-corrected chi connectivity index (χ3v) is 2.13. The predicted molar refractivity (Wildman–Crippen MR) is 53.3 cm³/mol. The molecule has 2 rings (SSSR count). The van der Waals surface area contributed by atoms with Crippen molar-refractivity contribution in [1.29, 1.82) is 0 Å². The molecule has 15 heavy (non-hydrogen) atoms. The van der Waals surface area contributed by atoms with E-state index < -0.39 is 6.43 Å². The fourth-order valence-electron chi connectivity index (χ4n) is 1.33. The monoisotopic (exact) mass is 208 g/mol. The first-order valence-corrected chi connectivity index (χ1v) is 4.57. The first-order chi connectivity index (χ1) is 7.16. The Balaban J connectivity index is 2.31. The highest BCUT2D eigenvalue weighted by Gasteiger charge is 2.06. The Morgan fingerprint density at radius 1 is 1.13 bits per heavy atom. The Hall–Kier alpha value is -1.71. The Morgan fingerprint density at radius 2 is 1.80 bits per heavy atom. The van der Waals surface area contributed by atoms with Crippen LogP contribution in [0, 0.1) is 6.92 Å². The number of hydrogen-bond donors (Lipinski definition) is 0. The third-order valence-electron chi connectivity index (χ3n) is 2.13. The summed E-state index contributed by atoms with van der Waals surface area (Å²) in [5.41, 5.74) is 1.71. The van der Waals surface area contributed by atoms with E-state index in [1.807, 2.05) is 13.0 Å². The Morgan fingerprint density at radius 3 is 2.27 bits per heavy atom. The molecule has 0 aliphatic heterocycles. The van der Waals surface area contributed by atoms with Gasteiger partial charge < -0.3 is 0 Å². The minimum atomic E-state index is -2.42. The molecule has 0 bridgehead atoms. The second-order valence-corrected chi connectivity index (χ2v) is 3.29. The average Bonchev–Trinajstić information content (AvgIpc) is 2.65. The molecule has 0 unspecified atom stereocenters. The highest BCUT2D eigenvalue weighted by molar-refractivity contribution is 5.34. The number of benzene rings is 1. The predicted octanol–water partition coefficient (Wildman–Crippen LogP) is 3.12. The van der Waals surface area contributed by atoms with Crippen molar-refractivity contribution in [2.24, 2.45) is 0 Å². The number of aryl methyl sites for hydroxylation is 1. The first-order valence-electron chi connectivity index (χ1n) is 4.57. The van der Waals surface area contributed by atoms with Crippen LogP contribution in [0.3, 0.4) is 0 Å². The molecule has 0 fully saturated rings. The minimum Gasteiger partial charge on any atom is -0.241 e. The fraction of sp³-hybridized carbons (Fsp3) is 0.182. The fourth-order valence-corrected chi connectivity index (χ4v) is 1.33. The van der Waals surface area contributed by atoms with Crippen molar-refractivity contribution >= 4 is 0 Å². The topological polar surface area (TPSA) is 17.8 Å². The molecule has 0 amide bonds. The number of nitrogens with zero attached hydrogens (tertiary/aromatic N) is 2. The molecule has 0 saturated heterocycles. The van der Waals surface area contributed by atoms with Crippen LogP contribution in [0.15, 0.2) is 36.5 Å². The largest absolute Gasteiger partial charge is 0.263 e. The SMILES string of the molecule is Cc1ccn(-c2ccc(C(F)F)cc2)n1. The highest BCUT2D eigenvalue weighted by Crippen LogP contribution is 2.19. The standard InChI is InChI=1S/C11H10F2N2/c1-8-6-7-15(14-8)10-4-2-9(3-5-10)11(12)13/h2-7,11H,1H3. The minimum absolute atomic E-state index is 0.0302. The van der Waals surface area contributed by atoms with E-state index in [0.717, 1.165) is 11.4 Å². The smallest absolute Gasteiger partial charge is 0.241 e. The molecule has 1 aromatic heterocycles. The number of hydrogen-bond acceptors (Lipinski definition) is 1. The zero-order valence-electron chi connectivity index (χ0n) is 8.19. The van der Waals surface area contributed by atoms with Gasteiger partial charge >= 0.3 is 0 Å². The van der Waals surface area contributed by atoms with E-state index >= 15 is 0 Å². The Labute approximate surface area is 86.2 Å². The lowest BCUT2D eigenvalue weighted by molar-refractivity contribution is 0.151. The summed E-state index contributed by atoms with van der Waals surface area (Å²) in [4.78, 5) is 0. The van der Waals surface area contributed by atoms with Crippen molar-refractivity contribution in [3.8, 4) is 5.69 Å². The molecule has 0 radical (unpaired) electrons. The lowest BCUT2D eigenvalue weighted by Crippen LogP contribution is -1.95. The van der Waals surface area contributed by atoms with Gasteiger partial charge in [0.15, 0.2) is 0 Å². The van der Waals surface area contributed by atoms with Gasteiger partial charge in [-0.25, -0.2) is 13.5 Å². The van der Waals surface area contributed by atoms with Gasteiger partial charge in [-0.2, -0.15) is 5.10 Å². The summed E-state index contributed by atoms with van der Waals surface area (Å²) < 4.78 is 26.2. The number of rotatable bonds is 2. The maximum atomic E-state index is 12.3. The molecule has 1 aromatic carbocycles. The maximum Gasteiger partial charge on any atom is 0.263 e. The van der Waals surface area contributed by atoms with E-state index in [1.165, 1.54) is 12.1 Å². The molecule has 0 aliphatic rings. The van der Waals surface area contributed by atoms with Gasteiger partial charge in [0.25, 0.3) is 6.43 Å². The molecule has 0 aliphatic carbocycles. The lowest BCUT2D eigenvalue weighted by Gasteiger charge is -2.03. The van der Waals surface area contributed by atoms with Gasteiger partial charge in [0.1, 0.15) is 0 Å². The second kappa shape index (κ2) is 3.81. The van der Waals surface area contributed by atoms with E-state index in [9.17, 15) is 8.78 Å². The molecular weight excluding hydrogens is 198 g/mol. The molecular formula is C11H10F2N2. The quantitative estimate of drug-likeness (QED) is 0.741. The summed E-state index contributed by atoms with van der Waals surface area (Å²) in [6.45, 7) is 1.88. The van der Waals surface area contributed by atoms with E-state index in [0.29, 0.717) is 0 Å². The van der Waals surface area contributed by atoms with Crippen molar-refractivity contribution in [3.63, 3.8) is 0 Å². The van der Waals surface area contributed by atoms with Crippen LogP contribution in [0.4, 0.5) is 8.78 Å². The van der Waals surface area contributed by atoms with Crippen LogP contribution in [0.25, 0.3) is 5.69 Å². The number of aromatic nitrogens is 2. The van der Waals surface area contributed by atoms with Crippen molar-refractivity contribution in [3.05, 3.63) is 47.8 Å². The Kier molecular flexibility index (Phi) is 2.49. The Bertz CT molecular complexity index is 446. The molecule has 0 atom stereocenters.